The molecule has 2 aromatic heterocycles. The van der Waals surface area contributed by atoms with Crippen LogP contribution in [0.1, 0.15) is 125 Å². The molecule has 0 saturated carbocycles. The van der Waals surface area contributed by atoms with Gasteiger partial charge in [-0.1, -0.05) is 199 Å². The quantitative estimate of drug-likeness (QED) is 0.128. The SMILES string of the molecule is CCCCB1c2cccc3c2c2c1cc(Oc1cccc(N4CN(c5c(-c6ccccc6)cc(C(C)(C)C)cc5-c5cc(C(C)(C)C)cc(C(C)(C)C)c5)c5ccccc54)c1)cc2n3-c1cc(C(C)(C)C)ccn1. The average Bonchev–Trinajstić information content (AvgIpc) is 4.05. The molecule has 7 aromatic carbocycles. The summed E-state index contributed by atoms with van der Waals surface area (Å²) < 4.78 is 9.51. The number of fused-ring (bicyclic) bond motifs is 1. The number of para-hydroxylation sites is 2. The number of unbranched alkanes of at least 4 members (excludes halogenated alkanes) is 1. The fourth-order valence-corrected chi connectivity index (χ4v) is 11.5. The number of pyridine rings is 1. The van der Waals surface area contributed by atoms with Gasteiger partial charge in [-0.25, -0.2) is 4.98 Å². The van der Waals surface area contributed by atoms with Gasteiger partial charge in [0.1, 0.15) is 24.0 Å². The number of ether oxygens (including phenoxy) is 1. The standard InChI is InChI=1S/C68H73BN4O/c1-14-15-32-69-55-27-22-30-59-62(55)63-56(69)41-52(42-60(63)73(59)61-39-46(31-33-70-61)65(2,3)4)74-51-26-21-25-50(40-51)71-43-72(58-29-20-19-28-57(58)71)64-53(44-23-17-16-18-24-44)37-49(68(11,12)13)38-54(64)45-34-47(66(5,6)7)36-48(35-45)67(8,9)10/h16-31,33-42H,14-15,32,43H2,1-13H3. The lowest BCUT2D eigenvalue weighted by Gasteiger charge is -2.31. The maximum atomic E-state index is 7.13. The highest BCUT2D eigenvalue weighted by molar-refractivity contribution is 6.92. The largest absolute Gasteiger partial charge is 0.457 e. The maximum Gasteiger partial charge on any atom is 0.211 e. The molecular weight excluding hydrogens is 900 g/mol. The lowest BCUT2D eigenvalue weighted by molar-refractivity contribution is 0.484. The first kappa shape index (κ1) is 49.2. The number of hydrogen-bond donors (Lipinski definition) is 0. The van der Waals surface area contributed by atoms with Gasteiger partial charge in [0, 0.05) is 45.9 Å². The average molecular weight is 973 g/mol. The summed E-state index contributed by atoms with van der Waals surface area (Å²) in [6.07, 6.45) is 5.39. The van der Waals surface area contributed by atoms with E-state index in [2.05, 4.69) is 256 Å². The van der Waals surface area contributed by atoms with Crippen molar-refractivity contribution in [3.8, 4) is 39.6 Å². The predicted molar refractivity (Wildman–Crippen MR) is 318 cm³/mol. The minimum Gasteiger partial charge on any atom is -0.457 e. The highest BCUT2D eigenvalue weighted by Crippen LogP contribution is 2.52. The zero-order valence-electron chi connectivity index (χ0n) is 46.1. The Labute approximate surface area is 441 Å². The molecule has 11 rings (SSSR count). The molecule has 0 saturated heterocycles. The molecule has 0 N–H and O–H groups in total. The van der Waals surface area contributed by atoms with Crippen molar-refractivity contribution in [2.45, 2.75) is 131 Å². The number of aromatic nitrogens is 2. The van der Waals surface area contributed by atoms with Gasteiger partial charge in [-0.15, -0.1) is 0 Å². The Morgan fingerprint density at radius 3 is 1.77 bits per heavy atom. The second kappa shape index (κ2) is 18.1. The van der Waals surface area contributed by atoms with Gasteiger partial charge in [0.15, 0.2) is 0 Å². The van der Waals surface area contributed by atoms with Crippen molar-refractivity contribution in [3.05, 3.63) is 180 Å². The van der Waals surface area contributed by atoms with E-state index in [0.717, 1.165) is 46.9 Å². The van der Waals surface area contributed by atoms with Crippen LogP contribution in [0.4, 0.5) is 22.7 Å². The van der Waals surface area contributed by atoms with E-state index in [-0.39, 0.29) is 21.7 Å². The van der Waals surface area contributed by atoms with Crippen LogP contribution in [0, 0.1) is 0 Å². The smallest absolute Gasteiger partial charge is 0.211 e. The van der Waals surface area contributed by atoms with Crippen molar-refractivity contribution in [2.75, 3.05) is 16.5 Å². The van der Waals surface area contributed by atoms with Crippen LogP contribution in [-0.2, 0) is 21.7 Å². The topological polar surface area (TPSA) is 33.5 Å². The molecular formula is C68H73BN4O. The minimum atomic E-state index is -0.0897. The van der Waals surface area contributed by atoms with Crippen LogP contribution in [0.3, 0.4) is 0 Å². The van der Waals surface area contributed by atoms with Gasteiger partial charge in [0.05, 0.1) is 28.1 Å². The lowest BCUT2D eigenvalue weighted by atomic mass is 9.40. The third-order valence-electron chi connectivity index (χ3n) is 15.8. The third-order valence-corrected chi connectivity index (χ3v) is 15.8. The van der Waals surface area contributed by atoms with E-state index in [1.54, 1.807) is 0 Å². The third kappa shape index (κ3) is 8.78. The summed E-state index contributed by atoms with van der Waals surface area (Å²) in [4.78, 5) is 10.1. The Kier molecular flexibility index (Phi) is 12.0. The number of anilines is 4. The number of hydrogen-bond acceptors (Lipinski definition) is 4. The molecule has 9 aromatic rings. The Bertz CT molecular complexity index is 3580. The van der Waals surface area contributed by atoms with Gasteiger partial charge >= 0.3 is 0 Å². The molecule has 0 bridgehead atoms. The Morgan fingerprint density at radius 2 is 1.11 bits per heavy atom. The normalized spacial score (nSPS) is 13.8. The van der Waals surface area contributed by atoms with Crippen LogP contribution in [0.5, 0.6) is 11.5 Å². The van der Waals surface area contributed by atoms with Crippen molar-refractivity contribution < 1.29 is 4.74 Å². The molecule has 5 nitrogen and oxygen atoms in total. The number of benzene rings is 7. The van der Waals surface area contributed by atoms with E-state index < -0.39 is 0 Å². The summed E-state index contributed by atoms with van der Waals surface area (Å²) in [6, 6.07) is 56.8. The fourth-order valence-electron chi connectivity index (χ4n) is 11.5. The number of nitrogens with zero attached hydrogens (tertiary/aromatic N) is 4. The van der Waals surface area contributed by atoms with Crippen LogP contribution in [0.15, 0.2) is 158 Å². The molecule has 6 heteroatoms. The second-order valence-electron chi connectivity index (χ2n) is 25.3. The minimum absolute atomic E-state index is 0.0151. The molecule has 0 unspecified atom stereocenters. The highest BCUT2D eigenvalue weighted by Gasteiger charge is 2.36. The van der Waals surface area contributed by atoms with Gasteiger partial charge in [-0.2, -0.15) is 0 Å². The first-order chi connectivity index (χ1) is 35.2. The zero-order chi connectivity index (χ0) is 52.1. The summed E-state index contributed by atoms with van der Waals surface area (Å²) >= 11 is 0. The molecule has 74 heavy (non-hydrogen) atoms. The Morgan fingerprint density at radius 1 is 0.500 bits per heavy atom. The fraction of sp³-hybridized carbons (Fsp3) is 0.309. The summed E-state index contributed by atoms with van der Waals surface area (Å²) in [7, 11) is 0. The van der Waals surface area contributed by atoms with E-state index in [0.29, 0.717) is 13.4 Å². The maximum absolute atomic E-state index is 7.13. The molecule has 0 aliphatic carbocycles. The van der Waals surface area contributed by atoms with Gasteiger partial charge in [0.2, 0.25) is 6.71 Å². The molecule has 4 heterocycles. The zero-order valence-corrected chi connectivity index (χ0v) is 46.1. The Hall–Kier alpha value is -7.05. The second-order valence-corrected chi connectivity index (χ2v) is 25.3. The first-order valence-electron chi connectivity index (χ1n) is 27.1. The molecule has 0 spiro atoms. The molecule has 0 atom stereocenters. The number of rotatable bonds is 10. The summed E-state index contributed by atoms with van der Waals surface area (Å²) in [6.45, 7) is 31.1. The summed E-state index contributed by atoms with van der Waals surface area (Å²) in [5, 5.41) is 2.69. The summed E-state index contributed by atoms with van der Waals surface area (Å²) in [5.41, 5.74) is 19.7. The molecule has 374 valence electrons. The molecule has 2 aliphatic rings. The van der Waals surface area contributed by atoms with Crippen molar-refractivity contribution >= 4 is 62.2 Å². The van der Waals surface area contributed by atoms with Crippen LogP contribution in [0.25, 0.3) is 49.9 Å². The van der Waals surface area contributed by atoms with Crippen LogP contribution in [0.2, 0.25) is 6.32 Å². The van der Waals surface area contributed by atoms with Crippen molar-refractivity contribution in [2.24, 2.45) is 0 Å². The van der Waals surface area contributed by atoms with Crippen molar-refractivity contribution in [3.63, 3.8) is 0 Å². The molecule has 0 amide bonds. The monoisotopic (exact) mass is 973 g/mol. The first-order valence-corrected chi connectivity index (χ1v) is 27.1. The van der Waals surface area contributed by atoms with E-state index >= 15 is 0 Å². The Balaban J connectivity index is 1.04. The van der Waals surface area contributed by atoms with Gasteiger partial charge in [-0.3, -0.25) is 4.57 Å². The van der Waals surface area contributed by atoms with Gasteiger partial charge < -0.3 is 14.5 Å². The van der Waals surface area contributed by atoms with Crippen molar-refractivity contribution in [1.82, 2.24) is 9.55 Å². The van der Waals surface area contributed by atoms with Crippen molar-refractivity contribution in [1.29, 1.82) is 0 Å². The lowest BCUT2D eigenvalue weighted by Crippen LogP contribution is -2.38. The summed E-state index contributed by atoms with van der Waals surface area (Å²) in [5.74, 6) is 2.58. The van der Waals surface area contributed by atoms with Crippen LogP contribution < -0.4 is 25.5 Å². The van der Waals surface area contributed by atoms with Gasteiger partial charge in [-0.05, 0) is 116 Å². The van der Waals surface area contributed by atoms with E-state index in [9.17, 15) is 0 Å². The predicted octanol–water partition coefficient (Wildman–Crippen LogP) is 17.5. The highest BCUT2D eigenvalue weighted by atomic mass is 16.5. The molecule has 0 fully saturated rings. The van der Waals surface area contributed by atoms with Crippen LogP contribution >= 0.6 is 0 Å². The van der Waals surface area contributed by atoms with E-state index in [1.165, 1.54) is 89.5 Å². The van der Waals surface area contributed by atoms with Gasteiger partial charge in [0.25, 0.3) is 0 Å². The van der Waals surface area contributed by atoms with E-state index in [1.807, 2.05) is 6.20 Å². The van der Waals surface area contributed by atoms with E-state index in [4.69, 9.17) is 9.72 Å². The van der Waals surface area contributed by atoms with Crippen LogP contribution in [-0.4, -0.2) is 22.9 Å². The molecule has 2 aliphatic heterocycles. The molecule has 0 radical (unpaired) electrons.